The summed E-state index contributed by atoms with van der Waals surface area (Å²) in [7, 11) is 0. The van der Waals surface area contributed by atoms with Crippen LogP contribution >= 0.6 is 11.8 Å². The molecule has 1 rings (SSSR count). The number of allylic oxidation sites excluding steroid dienone is 1. The molecule has 0 bridgehead atoms. The maximum Gasteiger partial charge on any atom is 0.322 e. The molecule has 0 aliphatic heterocycles. The van der Waals surface area contributed by atoms with Crippen molar-refractivity contribution < 1.29 is 44.2 Å². The standard InChI is InChI=1S/C16H20N6O12S/c17-8(16(27)28)1-2-12(23)19-9(15(26)18-5-13(24)25)6-35-14-10(21(31)32)3-7(20(29)30)4-11(14)22(33)34/h3-4,8-10,14H,1-2,5-6,17H2,(H,18,26)(H,19,23)(H,24,25)(H,27,28)/t8-,9-,10?,14-/m0/s1. The Morgan fingerprint density at radius 2 is 1.74 bits per heavy atom. The van der Waals surface area contributed by atoms with Gasteiger partial charge in [0.25, 0.3) is 17.4 Å². The van der Waals surface area contributed by atoms with E-state index in [4.69, 9.17) is 15.9 Å². The Bertz CT molecular complexity index is 982. The molecule has 192 valence electrons. The number of rotatable bonds is 14. The Morgan fingerprint density at radius 3 is 2.23 bits per heavy atom. The molecule has 4 atom stereocenters. The highest BCUT2D eigenvalue weighted by molar-refractivity contribution is 8.00. The lowest BCUT2D eigenvalue weighted by Crippen LogP contribution is -2.50. The van der Waals surface area contributed by atoms with Crippen LogP contribution in [0.3, 0.4) is 0 Å². The molecule has 35 heavy (non-hydrogen) atoms. The Morgan fingerprint density at radius 1 is 1.11 bits per heavy atom. The zero-order chi connectivity index (χ0) is 26.9. The predicted octanol–water partition coefficient (Wildman–Crippen LogP) is -2.05. The number of nitrogens with one attached hydrogen (secondary N) is 2. The van der Waals surface area contributed by atoms with E-state index in [1.807, 2.05) is 5.32 Å². The van der Waals surface area contributed by atoms with Crippen LogP contribution in [-0.2, 0) is 19.2 Å². The van der Waals surface area contributed by atoms with Gasteiger partial charge in [-0.05, 0) is 6.42 Å². The van der Waals surface area contributed by atoms with Crippen molar-refractivity contribution in [3.8, 4) is 0 Å². The largest absolute Gasteiger partial charge is 0.480 e. The lowest BCUT2D eigenvalue weighted by molar-refractivity contribution is -0.519. The molecular formula is C16H20N6O12S. The zero-order valence-corrected chi connectivity index (χ0v) is 18.4. The highest BCUT2D eigenvalue weighted by Gasteiger charge is 2.46. The second-order valence-electron chi connectivity index (χ2n) is 6.92. The number of nitro groups is 3. The summed E-state index contributed by atoms with van der Waals surface area (Å²) in [6, 6.07) is -4.85. The van der Waals surface area contributed by atoms with Gasteiger partial charge in [0, 0.05) is 17.1 Å². The molecule has 0 heterocycles. The Labute approximate surface area is 199 Å². The molecule has 0 saturated heterocycles. The van der Waals surface area contributed by atoms with Gasteiger partial charge in [0.2, 0.25) is 11.8 Å². The first-order valence-electron chi connectivity index (χ1n) is 9.49. The van der Waals surface area contributed by atoms with E-state index in [1.165, 1.54) is 0 Å². The van der Waals surface area contributed by atoms with E-state index < -0.39 is 92.0 Å². The SMILES string of the molecule is N[C@@H](CCC(=O)N[C@@H](CS[C@@H]1C([N+](=O)[O-])=CC([N+](=O)[O-])=CC1[N+](=O)[O-])C(=O)NCC(=O)O)C(=O)O. The number of carboxylic acid groups (broad SMARTS) is 2. The summed E-state index contributed by atoms with van der Waals surface area (Å²) in [5.41, 5.74) is 3.55. The number of thioether (sulfide) groups is 1. The van der Waals surface area contributed by atoms with Crippen molar-refractivity contribution in [2.75, 3.05) is 12.3 Å². The third-order valence-electron chi connectivity index (χ3n) is 4.41. The van der Waals surface area contributed by atoms with Crippen molar-refractivity contribution in [1.82, 2.24) is 10.6 Å². The van der Waals surface area contributed by atoms with E-state index in [1.54, 1.807) is 0 Å². The first kappa shape index (κ1) is 28.9. The first-order valence-corrected chi connectivity index (χ1v) is 10.5. The van der Waals surface area contributed by atoms with Gasteiger partial charge in [-0.1, -0.05) is 0 Å². The number of nitrogens with zero attached hydrogens (tertiary/aromatic N) is 3. The van der Waals surface area contributed by atoms with Crippen molar-refractivity contribution in [2.24, 2.45) is 5.73 Å². The fraction of sp³-hybridized carbons (Fsp3) is 0.500. The summed E-state index contributed by atoms with van der Waals surface area (Å²) in [5, 5.41) is 53.9. The molecule has 18 nitrogen and oxygen atoms in total. The lowest BCUT2D eigenvalue weighted by atomic mass is 10.0. The van der Waals surface area contributed by atoms with Gasteiger partial charge in [-0.3, -0.25) is 49.5 Å². The van der Waals surface area contributed by atoms with Crippen LogP contribution in [0.1, 0.15) is 12.8 Å². The van der Waals surface area contributed by atoms with Crippen LogP contribution in [0.2, 0.25) is 0 Å². The van der Waals surface area contributed by atoms with Crippen molar-refractivity contribution in [3.63, 3.8) is 0 Å². The zero-order valence-electron chi connectivity index (χ0n) is 17.6. The van der Waals surface area contributed by atoms with Gasteiger partial charge in [0.1, 0.15) is 18.6 Å². The molecule has 0 fully saturated rings. The number of carbonyl (C=O) groups excluding carboxylic acids is 2. The molecule has 0 spiro atoms. The van der Waals surface area contributed by atoms with E-state index in [0.717, 1.165) is 0 Å². The topological polar surface area (TPSA) is 288 Å². The van der Waals surface area contributed by atoms with Crippen molar-refractivity contribution in [2.45, 2.75) is 36.2 Å². The molecule has 1 unspecified atom stereocenters. The van der Waals surface area contributed by atoms with Crippen LogP contribution in [0.4, 0.5) is 0 Å². The van der Waals surface area contributed by atoms with Crippen LogP contribution in [-0.4, -0.2) is 84.4 Å². The second-order valence-corrected chi connectivity index (χ2v) is 8.09. The number of carboxylic acids is 2. The fourth-order valence-corrected chi connectivity index (χ4v) is 4.02. The highest BCUT2D eigenvalue weighted by atomic mass is 32.2. The maximum atomic E-state index is 12.4. The highest BCUT2D eigenvalue weighted by Crippen LogP contribution is 2.31. The number of hydrogen-bond donors (Lipinski definition) is 5. The number of hydrogen-bond acceptors (Lipinski definition) is 12. The molecule has 1 aliphatic rings. The minimum Gasteiger partial charge on any atom is -0.480 e. The van der Waals surface area contributed by atoms with Crippen LogP contribution in [0, 0.1) is 30.3 Å². The van der Waals surface area contributed by atoms with E-state index in [-0.39, 0.29) is 6.42 Å². The average molecular weight is 520 g/mol. The Balaban J connectivity index is 3.10. The van der Waals surface area contributed by atoms with Crippen LogP contribution in [0.15, 0.2) is 23.5 Å². The third kappa shape index (κ3) is 8.97. The van der Waals surface area contributed by atoms with Crippen molar-refractivity contribution in [1.29, 1.82) is 0 Å². The molecule has 0 radical (unpaired) electrons. The minimum atomic E-state index is -1.92. The number of carbonyl (C=O) groups is 4. The van der Waals surface area contributed by atoms with Gasteiger partial charge < -0.3 is 26.6 Å². The van der Waals surface area contributed by atoms with Crippen molar-refractivity contribution in [3.05, 3.63) is 53.9 Å². The van der Waals surface area contributed by atoms with Crippen molar-refractivity contribution >= 4 is 35.5 Å². The van der Waals surface area contributed by atoms with Gasteiger partial charge >= 0.3 is 11.9 Å². The summed E-state index contributed by atoms with van der Waals surface area (Å²) in [6.45, 7) is -0.851. The van der Waals surface area contributed by atoms with E-state index in [2.05, 4.69) is 5.32 Å². The first-order chi connectivity index (χ1) is 16.2. The molecule has 0 saturated carbocycles. The Kier molecular flexibility index (Phi) is 10.7. The maximum absolute atomic E-state index is 12.4. The summed E-state index contributed by atoms with van der Waals surface area (Å²) in [4.78, 5) is 76.8. The van der Waals surface area contributed by atoms with E-state index >= 15 is 0 Å². The summed E-state index contributed by atoms with van der Waals surface area (Å²) >= 11 is 0.465. The molecular weight excluding hydrogens is 500 g/mol. The monoisotopic (exact) mass is 520 g/mol. The van der Waals surface area contributed by atoms with E-state index in [9.17, 15) is 49.5 Å². The smallest absolute Gasteiger partial charge is 0.322 e. The molecule has 19 heteroatoms. The fourth-order valence-electron chi connectivity index (χ4n) is 2.69. The number of aliphatic carboxylic acids is 2. The predicted molar refractivity (Wildman–Crippen MR) is 115 cm³/mol. The van der Waals surface area contributed by atoms with Crippen LogP contribution in [0.5, 0.6) is 0 Å². The van der Waals surface area contributed by atoms with E-state index in [0.29, 0.717) is 23.9 Å². The number of amides is 2. The minimum absolute atomic E-state index is 0.313. The summed E-state index contributed by atoms with van der Waals surface area (Å²) in [6.07, 6.45) is 0.391. The Hall–Kier alpha value is -4.13. The lowest BCUT2D eigenvalue weighted by Gasteiger charge is -2.22. The molecule has 0 aromatic heterocycles. The van der Waals surface area contributed by atoms with Gasteiger partial charge in [-0.2, -0.15) is 0 Å². The van der Waals surface area contributed by atoms with Gasteiger partial charge in [-0.25, -0.2) is 0 Å². The third-order valence-corrected chi connectivity index (χ3v) is 5.82. The summed E-state index contributed by atoms with van der Waals surface area (Å²) < 4.78 is 0. The normalized spacial score (nSPS) is 18.8. The molecule has 0 aromatic carbocycles. The molecule has 1 aliphatic carbocycles. The summed E-state index contributed by atoms with van der Waals surface area (Å²) in [5.74, 6) is -5.26. The molecule has 2 amide bonds. The van der Waals surface area contributed by atoms with Gasteiger partial charge in [-0.15, -0.1) is 11.8 Å². The van der Waals surface area contributed by atoms with Crippen LogP contribution < -0.4 is 16.4 Å². The average Bonchev–Trinajstić information content (AvgIpc) is 2.77. The molecule has 6 N–H and O–H groups in total. The van der Waals surface area contributed by atoms with Crippen LogP contribution in [0.25, 0.3) is 0 Å². The van der Waals surface area contributed by atoms with Gasteiger partial charge in [0.05, 0.1) is 22.0 Å². The quantitative estimate of drug-likeness (QED) is 0.122. The van der Waals surface area contributed by atoms with Gasteiger partial charge in [0.15, 0.2) is 5.25 Å². The second kappa shape index (κ2) is 12.9. The number of nitrogens with two attached hydrogens (primary N) is 1. The molecule has 0 aromatic rings.